The summed E-state index contributed by atoms with van der Waals surface area (Å²) in [6, 6.07) is 0. The van der Waals surface area contributed by atoms with Crippen molar-refractivity contribution in [1.82, 2.24) is 0 Å². The summed E-state index contributed by atoms with van der Waals surface area (Å²) in [5.41, 5.74) is 0. The zero-order valence-electron chi connectivity index (χ0n) is 15.3. The van der Waals surface area contributed by atoms with Gasteiger partial charge < -0.3 is 9.05 Å². The van der Waals surface area contributed by atoms with Crippen LogP contribution in [0.5, 0.6) is 0 Å². The monoisotopic (exact) mass is 328 g/mol. The summed E-state index contributed by atoms with van der Waals surface area (Å²) in [7, 11) is -4.69. The Morgan fingerprint density at radius 1 is 0.905 bits per heavy atom. The SMILES string of the molecule is CCCCCCC[C-]([Si](C)(C)C)P(=O)(OCC)OCC.[Li+]. The molecular formula is C15H34LiO3PSi. The summed E-state index contributed by atoms with van der Waals surface area (Å²) in [6.07, 6.45) is 7.02. The molecule has 0 aromatic heterocycles. The maximum atomic E-state index is 13.0. The quantitative estimate of drug-likeness (QED) is 0.239. The maximum absolute atomic E-state index is 13.0. The average Bonchev–Trinajstić information content (AvgIpc) is 2.32. The van der Waals surface area contributed by atoms with Gasteiger partial charge in [-0.15, -0.1) is 0 Å². The third-order valence-electron chi connectivity index (χ3n) is 3.31. The van der Waals surface area contributed by atoms with E-state index in [9.17, 15) is 4.57 Å². The first-order valence-electron chi connectivity index (χ1n) is 8.07. The fourth-order valence-electron chi connectivity index (χ4n) is 2.35. The molecule has 0 rings (SSSR count). The van der Waals surface area contributed by atoms with Gasteiger partial charge in [0.05, 0.1) is 13.2 Å². The van der Waals surface area contributed by atoms with Crippen LogP contribution in [-0.4, -0.2) is 21.3 Å². The normalized spacial score (nSPS) is 12.5. The Morgan fingerprint density at radius 3 is 1.76 bits per heavy atom. The maximum Gasteiger partial charge on any atom is 1.00 e. The van der Waals surface area contributed by atoms with E-state index in [2.05, 4.69) is 26.6 Å². The first-order chi connectivity index (χ1) is 9.31. The van der Waals surface area contributed by atoms with Crippen molar-refractivity contribution in [2.75, 3.05) is 13.2 Å². The second-order valence-corrected chi connectivity index (χ2v) is 13.8. The molecule has 0 aliphatic carbocycles. The molecule has 0 unspecified atom stereocenters. The smallest absolute Gasteiger partial charge is 0.331 e. The number of rotatable bonds is 12. The number of hydrogen-bond donors (Lipinski definition) is 0. The summed E-state index contributed by atoms with van der Waals surface area (Å²) < 4.78 is 24.2. The van der Waals surface area contributed by atoms with E-state index in [4.69, 9.17) is 9.05 Å². The van der Waals surface area contributed by atoms with Crippen LogP contribution in [0.3, 0.4) is 0 Å². The molecule has 0 radical (unpaired) electrons. The van der Waals surface area contributed by atoms with Gasteiger partial charge in [-0.1, -0.05) is 66.7 Å². The van der Waals surface area contributed by atoms with Crippen molar-refractivity contribution in [2.45, 2.75) is 78.9 Å². The van der Waals surface area contributed by atoms with E-state index < -0.39 is 15.7 Å². The van der Waals surface area contributed by atoms with Crippen LogP contribution >= 0.6 is 7.60 Å². The van der Waals surface area contributed by atoms with Crippen molar-refractivity contribution in [2.24, 2.45) is 0 Å². The van der Waals surface area contributed by atoms with Crippen LogP contribution < -0.4 is 18.9 Å². The number of hydrogen-bond acceptors (Lipinski definition) is 3. The van der Waals surface area contributed by atoms with Gasteiger partial charge in [-0.2, -0.15) is 11.7 Å². The molecule has 0 aliphatic heterocycles. The van der Waals surface area contributed by atoms with E-state index in [1.54, 1.807) is 0 Å². The molecule has 122 valence electrons. The first-order valence-corrected chi connectivity index (χ1v) is 13.1. The summed E-state index contributed by atoms with van der Waals surface area (Å²) in [6.45, 7) is 13.6. The predicted molar refractivity (Wildman–Crippen MR) is 90.8 cm³/mol. The Balaban J connectivity index is 0. The minimum absolute atomic E-state index is 0. The van der Waals surface area contributed by atoms with Gasteiger partial charge in [-0.3, -0.25) is 4.57 Å². The third kappa shape index (κ3) is 9.64. The van der Waals surface area contributed by atoms with Crippen molar-refractivity contribution in [3.05, 3.63) is 5.28 Å². The van der Waals surface area contributed by atoms with Gasteiger partial charge in [-0.05, 0) is 13.8 Å². The van der Waals surface area contributed by atoms with Gasteiger partial charge in [-0.25, -0.2) is 0 Å². The van der Waals surface area contributed by atoms with E-state index >= 15 is 0 Å². The van der Waals surface area contributed by atoms with Gasteiger partial charge in [0, 0.05) is 0 Å². The van der Waals surface area contributed by atoms with E-state index in [0.29, 0.717) is 13.2 Å². The molecule has 0 aromatic carbocycles. The molecule has 0 amide bonds. The molecule has 0 bridgehead atoms. The van der Waals surface area contributed by atoms with E-state index in [1.165, 1.54) is 25.7 Å². The second kappa shape index (κ2) is 12.4. The molecule has 0 heterocycles. The van der Waals surface area contributed by atoms with Crippen LogP contribution in [0.2, 0.25) is 19.6 Å². The van der Waals surface area contributed by atoms with E-state index in [0.717, 1.165) is 18.1 Å². The summed E-state index contributed by atoms with van der Waals surface area (Å²) in [4.78, 5) is 0. The molecule has 0 atom stereocenters. The second-order valence-electron chi connectivity index (χ2n) is 6.19. The Bertz CT molecular complexity index is 285. The van der Waals surface area contributed by atoms with Crippen molar-refractivity contribution < 1.29 is 32.5 Å². The molecule has 0 aromatic rings. The molecular weight excluding hydrogens is 294 g/mol. The largest absolute Gasteiger partial charge is 1.00 e. The molecule has 3 nitrogen and oxygen atoms in total. The van der Waals surface area contributed by atoms with Crippen LogP contribution in [0.1, 0.15) is 59.3 Å². The number of unbranched alkanes of at least 4 members (excludes halogenated alkanes) is 4. The van der Waals surface area contributed by atoms with E-state index in [1.807, 2.05) is 13.8 Å². The Labute approximate surface area is 145 Å². The van der Waals surface area contributed by atoms with Crippen LogP contribution in [0.15, 0.2) is 0 Å². The van der Waals surface area contributed by atoms with Crippen LogP contribution in [0.25, 0.3) is 0 Å². The van der Waals surface area contributed by atoms with Gasteiger partial charge in [0.1, 0.15) is 0 Å². The van der Waals surface area contributed by atoms with Crippen molar-refractivity contribution >= 4 is 15.7 Å². The molecule has 0 aliphatic rings. The van der Waals surface area contributed by atoms with E-state index in [-0.39, 0.29) is 18.9 Å². The Morgan fingerprint density at radius 2 is 1.38 bits per heavy atom. The van der Waals surface area contributed by atoms with Gasteiger partial charge >= 0.3 is 18.9 Å². The minimum atomic E-state index is -3.03. The molecule has 0 N–H and O–H groups in total. The molecule has 0 saturated carbocycles. The summed E-state index contributed by atoms with van der Waals surface area (Å²) in [5, 5.41) is 1.09. The molecule has 0 fully saturated rings. The fourth-order valence-corrected chi connectivity index (χ4v) is 8.45. The first kappa shape index (κ1) is 24.2. The Kier molecular flexibility index (Phi) is 14.3. The minimum Gasteiger partial charge on any atom is -0.331 e. The van der Waals surface area contributed by atoms with Gasteiger partial charge in [0.15, 0.2) is 7.60 Å². The van der Waals surface area contributed by atoms with Gasteiger partial charge in [0.25, 0.3) is 0 Å². The fraction of sp³-hybridized carbons (Fsp3) is 0.933. The zero-order chi connectivity index (χ0) is 15.6. The predicted octanol–water partition coefficient (Wildman–Crippen LogP) is 3.03. The molecule has 21 heavy (non-hydrogen) atoms. The van der Waals surface area contributed by atoms with Gasteiger partial charge in [0.2, 0.25) is 0 Å². The zero-order valence-corrected chi connectivity index (χ0v) is 17.2. The summed E-state index contributed by atoms with van der Waals surface area (Å²) >= 11 is 0. The standard InChI is InChI=1S/C15H34O3PSi.Li/c1-7-10-11-12-13-14-15(20(4,5)6)19(16,17-8-2)18-9-3;/h7-14H2,1-6H3;/q-1;+1. The summed E-state index contributed by atoms with van der Waals surface area (Å²) in [5.74, 6) is 0. The van der Waals surface area contributed by atoms with Crippen LogP contribution in [0, 0.1) is 5.28 Å². The molecule has 0 spiro atoms. The topological polar surface area (TPSA) is 35.5 Å². The van der Waals surface area contributed by atoms with Crippen molar-refractivity contribution in [3.63, 3.8) is 0 Å². The average molecular weight is 328 g/mol. The van der Waals surface area contributed by atoms with Crippen LogP contribution in [-0.2, 0) is 13.6 Å². The third-order valence-corrected chi connectivity index (χ3v) is 10.2. The van der Waals surface area contributed by atoms with Crippen molar-refractivity contribution in [3.8, 4) is 0 Å². The van der Waals surface area contributed by atoms with Crippen molar-refractivity contribution in [1.29, 1.82) is 0 Å². The molecule has 0 saturated heterocycles. The van der Waals surface area contributed by atoms with Crippen LogP contribution in [0.4, 0.5) is 0 Å². The Hall–Kier alpha value is 0.964. The molecule has 6 heteroatoms.